The second-order valence-electron chi connectivity index (χ2n) is 3.94. The fourth-order valence-electron chi connectivity index (χ4n) is 1.66. The predicted octanol–water partition coefficient (Wildman–Crippen LogP) is 3.19. The normalized spacial score (nSPS) is 9.85. The van der Waals surface area contributed by atoms with Crippen LogP contribution in [0.15, 0.2) is 42.5 Å². The van der Waals surface area contributed by atoms with Gasteiger partial charge in [-0.05, 0) is 18.2 Å². The molecule has 0 saturated carbocycles. The minimum atomic E-state index is -1.10. The number of benzene rings is 2. The van der Waals surface area contributed by atoms with Crippen molar-refractivity contribution in [3.05, 3.63) is 70.8 Å². The van der Waals surface area contributed by atoms with E-state index in [9.17, 15) is 13.6 Å². The van der Waals surface area contributed by atoms with Crippen molar-refractivity contribution in [1.29, 1.82) is 5.26 Å². The Morgan fingerprint density at radius 2 is 1.75 bits per heavy atom. The van der Waals surface area contributed by atoms with E-state index in [0.717, 1.165) is 18.2 Å². The molecule has 3 nitrogen and oxygen atoms in total. The third-order valence-corrected chi connectivity index (χ3v) is 2.66. The first-order valence-electron chi connectivity index (χ1n) is 5.72. The van der Waals surface area contributed by atoms with Crippen molar-refractivity contribution >= 4 is 5.97 Å². The molecule has 0 amide bonds. The second kappa shape index (κ2) is 5.93. The molecule has 0 unspecified atom stereocenters. The summed E-state index contributed by atoms with van der Waals surface area (Å²) in [7, 11) is 0. The average molecular weight is 273 g/mol. The van der Waals surface area contributed by atoms with E-state index in [0.29, 0.717) is 11.1 Å². The molecule has 0 fully saturated rings. The topological polar surface area (TPSA) is 50.1 Å². The van der Waals surface area contributed by atoms with Gasteiger partial charge in [0, 0.05) is 5.56 Å². The molecule has 0 aliphatic heterocycles. The molecule has 0 aliphatic rings. The van der Waals surface area contributed by atoms with Gasteiger partial charge >= 0.3 is 5.97 Å². The zero-order valence-corrected chi connectivity index (χ0v) is 10.3. The van der Waals surface area contributed by atoms with E-state index < -0.39 is 23.2 Å². The van der Waals surface area contributed by atoms with E-state index in [1.54, 1.807) is 24.3 Å². The Kier molecular flexibility index (Phi) is 4.06. The fourth-order valence-corrected chi connectivity index (χ4v) is 1.66. The van der Waals surface area contributed by atoms with Crippen LogP contribution >= 0.6 is 0 Å². The van der Waals surface area contributed by atoms with E-state index in [1.165, 1.54) is 0 Å². The summed E-state index contributed by atoms with van der Waals surface area (Å²) >= 11 is 0. The number of carbonyl (C=O) groups excluding carboxylic acids is 1. The van der Waals surface area contributed by atoms with Gasteiger partial charge in [0.15, 0.2) is 0 Å². The molecule has 0 N–H and O–H groups in total. The highest BCUT2D eigenvalue weighted by atomic mass is 19.1. The summed E-state index contributed by atoms with van der Waals surface area (Å²) in [5, 5.41) is 8.88. The summed E-state index contributed by atoms with van der Waals surface area (Å²) in [6.45, 7) is -0.226. The number of halogens is 2. The van der Waals surface area contributed by atoms with Crippen molar-refractivity contribution in [3.63, 3.8) is 0 Å². The molecule has 2 aromatic rings. The quantitative estimate of drug-likeness (QED) is 0.807. The van der Waals surface area contributed by atoms with Gasteiger partial charge in [0.25, 0.3) is 0 Å². The molecule has 5 heteroatoms. The van der Waals surface area contributed by atoms with Crippen LogP contribution in [0.2, 0.25) is 0 Å². The van der Waals surface area contributed by atoms with Gasteiger partial charge in [-0.1, -0.05) is 24.3 Å². The minimum Gasteiger partial charge on any atom is -0.457 e. The monoisotopic (exact) mass is 273 g/mol. The Labute approximate surface area is 114 Å². The minimum absolute atomic E-state index is 0.226. The molecule has 0 aliphatic carbocycles. The van der Waals surface area contributed by atoms with Crippen LogP contribution in [0.1, 0.15) is 21.5 Å². The van der Waals surface area contributed by atoms with E-state index >= 15 is 0 Å². The maximum Gasteiger partial charge on any atom is 0.344 e. The third kappa shape index (κ3) is 2.81. The summed E-state index contributed by atoms with van der Waals surface area (Å²) in [6, 6.07) is 11.6. The van der Waals surface area contributed by atoms with Gasteiger partial charge in [-0.2, -0.15) is 5.26 Å². The van der Waals surface area contributed by atoms with Gasteiger partial charge in [0.2, 0.25) is 0 Å². The molecule has 20 heavy (non-hydrogen) atoms. The number of hydrogen-bond donors (Lipinski definition) is 0. The molecule has 0 spiro atoms. The number of carbonyl (C=O) groups is 1. The Morgan fingerprint density at radius 1 is 1.10 bits per heavy atom. The summed E-state index contributed by atoms with van der Waals surface area (Å²) in [4.78, 5) is 11.7. The van der Waals surface area contributed by atoms with Crippen LogP contribution in [-0.2, 0) is 11.3 Å². The zero-order chi connectivity index (χ0) is 14.5. The Bertz CT molecular complexity index is 672. The Morgan fingerprint density at radius 3 is 2.40 bits per heavy atom. The molecule has 2 aromatic carbocycles. The Balaban J connectivity index is 2.16. The lowest BCUT2D eigenvalue weighted by atomic mass is 10.1. The first kappa shape index (κ1) is 13.7. The molecular weight excluding hydrogens is 264 g/mol. The number of esters is 1. The van der Waals surface area contributed by atoms with Crippen LogP contribution in [0.4, 0.5) is 8.78 Å². The first-order chi connectivity index (χ1) is 9.63. The molecule has 0 atom stereocenters. The average Bonchev–Trinajstić information content (AvgIpc) is 2.45. The predicted molar refractivity (Wildman–Crippen MR) is 66.6 cm³/mol. The fraction of sp³-hybridized carbons (Fsp3) is 0.0667. The molecule has 0 radical (unpaired) electrons. The van der Waals surface area contributed by atoms with Crippen molar-refractivity contribution in [2.24, 2.45) is 0 Å². The summed E-state index contributed by atoms with van der Waals surface area (Å²) < 4.78 is 31.6. The second-order valence-corrected chi connectivity index (χ2v) is 3.94. The Hall–Kier alpha value is -2.74. The van der Waals surface area contributed by atoms with Gasteiger partial charge in [-0.25, -0.2) is 13.6 Å². The van der Waals surface area contributed by atoms with E-state index in [-0.39, 0.29) is 6.61 Å². The van der Waals surface area contributed by atoms with Crippen LogP contribution in [0, 0.1) is 23.0 Å². The van der Waals surface area contributed by atoms with E-state index in [1.807, 2.05) is 6.07 Å². The third-order valence-electron chi connectivity index (χ3n) is 2.66. The lowest BCUT2D eigenvalue weighted by Gasteiger charge is -2.07. The maximum absolute atomic E-state index is 13.4. The number of rotatable bonds is 3. The van der Waals surface area contributed by atoms with Crippen molar-refractivity contribution in [2.75, 3.05) is 0 Å². The highest BCUT2D eigenvalue weighted by Gasteiger charge is 2.18. The molecule has 2 rings (SSSR count). The summed E-state index contributed by atoms with van der Waals surface area (Å²) in [5.74, 6) is -3.07. The van der Waals surface area contributed by atoms with Crippen LogP contribution in [0.5, 0.6) is 0 Å². The molecule has 100 valence electrons. The van der Waals surface area contributed by atoms with Crippen molar-refractivity contribution < 1.29 is 18.3 Å². The van der Waals surface area contributed by atoms with Crippen LogP contribution in [0.3, 0.4) is 0 Å². The van der Waals surface area contributed by atoms with Gasteiger partial charge in [-0.3, -0.25) is 0 Å². The van der Waals surface area contributed by atoms with Gasteiger partial charge in [-0.15, -0.1) is 0 Å². The lowest BCUT2D eigenvalue weighted by molar-refractivity contribution is 0.0461. The maximum atomic E-state index is 13.4. The largest absolute Gasteiger partial charge is 0.457 e. The van der Waals surface area contributed by atoms with Crippen LogP contribution in [-0.4, -0.2) is 5.97 Å². The summed E-state index contributed by atoms with van der Waals surface area (Å²) in [6.07, 6.45) is 0. The highest BCUT2D eigenvalue weighted by molar-refractivity contribution is 5.90. The molecule has 0 bridgehead atoms. The van der Waals surface area contributed by atoms with Crippen molar-refractivity contribution in [1.82, 2.24) is 0 Å². The van der Waals surface area contributed by atoms with Crippen molar-refractivity contribution in [3.8, 4) is 6.07 Å². The first-order valence-corrected chi connectivity index (χ1v) is 5.72. The van der Waals surface area contributed by atoms with Crippen LogP contribution < -0.4 is 0 Å². The standard InChI is InChI=1S/C15H9F2NO2/c16-12-6-3-7-13(17)14(12)15(19)20-9-11-5-2-1-4-10(11)8-18/h1-7H,9H2. The van der Waals surface area contributed by atoms with Crippen molar-refractivity contribution in [2.45, 2.75) is 6.61 Å². The number of hydrogen-bond acceptors (Lipinski definition) is 3. The highest BCUT2D eigenvalue weighted by Crippen LogP contribution is 2.15. The number of ether oxygens (including phenoxy) is 1. The van der Waals surface area contributed by atoms with E-state index in [4.69, 9.17) is 10.00 Å². The number of nitrogens with zero attached hydrogens (tertiary/aromatic N) is 1. The summed E-state index contributed by atoms with van der Waals surface area (Å²) in [5.41, 5.74) is 0.0799. The smallest absolute Gasteiger partial charge is 0.344 e. The number of nitriles is 1. The SMILES string of the molecule is N#Cc1ccccc1COC(=O)c1c(F)cccc1F. The lowest BCUT2D eigenvalue weighted by Crippen LogP contribution is -2.10. The zero-order valence-electron chi connectivity index (χ0n) is 10.3. The van der Waals surface area contributed by atoms with Gasteiger partial charge in [0.1, 0.15) is 23.8 Å². The van der Waals surface area contributed by atoms with E-state index in [2.05, 4.69) is 0 Å². The van der Waals surface area contributed by atoms with Crippen LogP contribution in [0.25, 0.3) is 0 Å². The van der Waals surface area contributed by atoms with Gasteiger partial charge < -0.3 is 4.74 Å². The molecule has 0 aromatic heterocycles. The molecular formula is C15H9F2NO2. The molecule has 0 heterocycles. The molecule has 0 saturated heterocycles. The van der Waals surface area contributed by atoms with Gasteiger partial charge in [0.05, 0.1) is 11.6 Å².